The Hall–Kier alpha value is -0.480. The van der Waals surface area contributed by atoms with Gasteiger partial charge in [0.05, 0.1) is 6.54 Å². The van der Waals surface area contributed by atoms with E-state index in [-0.39, 0.29) is 0 Å². The van der Waals surface area contributed by atoms with Crippen LogP contribution in [0.1, 0.15) is 40.5 Å². The van der Waals surface area contributed by atoms with Gasteiger partial charge < -0.3 is 5.32 Å². The van der Waals surface area contributed by atoms with E-state index in [0.717, 1.165) is 12.5 Å². The molecule has 0 amide bonds. The molecule has 12 heavy (non-hydrogen) atoms. The fraction of sp³-hybridized carbons (Fsp3) is 0.818. The molecule has 0 spiro atoms. The Balaban J connectivity index is 3.31. The Kier molecular flexibility index (Phi) is 6.90. The summed E-state index contributed by atoms with van der Waals surface area (Å²) in [6.45, 7) is 9.45. The summed E-state index contributed by atoms with van der Waals surface area (Å²) < 4.78 is 0. The van der Waals surface area contributed by atoms with Crippen LogP contribution in [0.3, 0.4) is 0 Å². The standard InChI is InChI=1S/C11H21N/c1-5-6-9-12-11(4)8-7-10(2)3/h10-12H,7-9H2,1-4H3. The highest BCUT2D eigenvalue weighted by atomic mass is 14.9. The van der Waals surface area contributed by atoms with Gasteiger partial charge in [-0.25, -0.2) is 0 Å². The summed E-state index contributed by atoms with van der Waals surface area (Å²) in [6.07, 6.45) is 2.55. The number of hydrogen-bond donors (Lipinski definition) is 1. The van der Waals surface area contributed by atoms with E-state index in [1.54, 1.807) is 0 Å². The lowest BCUT2D eigenvalue weighted by molar-refractivity contribution is 0.467. The van der Waals surface area contributed by atoms with Gasteiger partial charge in [0.1, 0.15) is 0 Å². The summed E-state index contributed by atoms with van der Waals surface area (Å²) in [5.74, 6) is 6.69. The van der Waals surface area contributed by atoms with Crippen LogP contribution in [-0.4, -0.2) is 12.6 Å². The van der Waals surface area contributed by atoms with Crippen LogP contribution in [0.5, 0.6) is 0 Å². The van der Waals surface area contributed by atoms with Crippen LogP contribution < -0.4 is 5.32 Å². The second-order valence-corrected chi connectivity index (χ2v) is 3.68. The molecule has 0 saturated heterocycles. The summed E-state index contributed by atoms with van der Waals surface area (Å²) in [6, 6.07) is 0.605. The van der Waals surface area contributed by atoms with Crippen LogP contribution in [-0.2, 0) is 0 Å². The van der Waals surface area contributed by atoms with Crippen molar-refractivity contribution in [3.63, 3.8) is 0 Å². The van der Waals surface area contributed by atoms with Crippen molar-refractivity contribution < 1.29 is 0 Å². The van der Waals surface area contributed by atoms with E-state index in [2.05, 4.69) is 37.9 Å². The number of hydrogen-bond acceptors (Lipinski definition) is 1. The Morgan fingerprint density at radius 1 is 1.17 bits per heavy atom. The third-order valence-corrected chi connectivity index (χ3v) is 1.89. The first-order valence-corrected chi connectivity index (χ1v) is 4.79. The Labute approximate surface area is 76.9 Å². The SMILES string of the molecule is CC#CCNC(C)CCC(C)C. The van der Waals surface area contributed by atoms with Crippen LogP contribution in [0.4, 0.5) is 0 Å². The minimum atomic E-state index is 0.605. The Morgan fingerprint density at radius 2 is 1.83 bits per heavy atom. The largest absolute Gasteiger partial charge is 0.304 e. The van der Waals surface area contributed by atoms with Crippen molar-refractivity contribution in [2.75, 3.05) is 6.54 Å². The summed E-state index contributed by atoms with van der Waals surface area (Å²) in [4.78, 5) is 0. The molecule has 0 radical (unpaired) electrons. The highest BCUT2D eigenvalue weighted by Crippen LogP contribution is 2.05. The fourth-order valence-corrected chi connectivity index (χ4v) is 0.999. The Morgan fingerprint density at radius 3 is 2.33 bits per heavy atom. The normalized spacial score (nSPS) is 12.4. The molecule has 0 aromatic heterocycles. The second-order valence-electron chi connectivity index (χ2n) is 3.68. The van der Waals surface area contributed by atoms with E-state index in [1.165, 1.54) is 12.8 Å². The minimum absolute atomic E-state index is 0.605. The van der Waals surface area contributed by atoms with E-state index < -0.39 is 0 Å². The third-order valence-electron chi connectivity index (χ3n) is 1.89. The molecule has 0 aromatic rings. The van der Waals surface area contributed by atoms with Gasteiger partial charge in [0.25, 0.3) is 0 Å². The molecule has 0 aliphatic heterocycles. The molecule has 0 aliphatic carbocycles. The van der Waals surface area contributed by atoms with Crippen molar-refractivity contribution in [2.24, 2.45) is 5.92 Å². The molecule has 0 rings (SSSR count). The van der Waals surface area contributed by atoms with Crippen molar-refractivity contribution in [1.29, 1.82) is 0 Å². The van der Waals surface area contributed by atoms with Gasteiger partial charge in [0, 0.05) is 6.04 Å². The van der Waals surface area contributed by atoms with Gasteiger partial charge in [-0.05, 0) is 32.6 Å². The molecule has 70 valence electrons. The van der Waals surface area contributed by atoms with Crippen LogP contribution in [0, 0.1) is 17.8 Å². The zero-order valence-electron chi connectivity index (χ0n) is 8.78. The van der Waals surface area contributed by atoms with Gasteiger partial charge in [-0.1, -0.05) is 19.8 Å². The summed E-state index contributed by atoms with van der Waals surface area (Å²) in [5, 5.41) is 3.37. The van der Waals surface area contributed by atoms with Crippen LogP contribution >= 0.6 is 0 Å². The van der Waals surface area contributed by atoms with Crippen molar-refractivity contribution >= 4 is 0 Å². The topological polar surface area (TPSA) is 12.0 Å². The maximum atomic E-state index is 3.37. The van der Waals surface area contributed by atoms with Crippen molar-refractivity contribution in [2.45, 2.75) is 46.6 Å². The van der Waals surface area contributed by atoms with E-state index in [0.29, 0.717) is 6.04 Å². The highest BCUT2D eigenvalue weighted by molar-refractivity contribution is 4.97. The molecule has 1 unspecified atom stereocenters. The van der Waals surface area contributed by atoms with E-state index in [1.807, 2.05) is 6.92 Å². The van der Waals surface area contributed by atoms with Crippen molar-refractivity contribution in [3.05, 3.63) is 0 Å². The molecule has 1 N–H and O–H groups in total. The zero-order valence-corrected chi connectivity index (χ0v) is 8.78. The minimum Gasteiger partial charge on any atom is -0.304 e. The van der Waals surface area contributed by atoms with Crippen LogP contribution in [0.15, 0.2) is 0 Å². The maximum Gasteiger partial charge on any atom is 0.0578 e. The van der Waals surface area contributed by atoms with Gasteiger partial charge in [0.15, 0.2) is 0 Å². The molecule has 1 nitrogen and oxygen atoms in total. The first-order chi connectivity index (χ1) is 5.66. The first kappa shape index (κ1) is 11.5. The van der Waals surface area contributed by atoms with Gasteiger partial charge in [0.2, 0.25) is 0 Å². The van der Waals surface area contributed by atoms with E-state index >= 15 is 0 Å². The van der Waals surface area contributed by atoms with Crippen LogP contribution in [0.25, 0.3) is 0 Å². The summed E-state index contributed by atoms with van der Waals surface area (Å²) >= 11 is 0. The Bertz CT molecular complexity index is 150. The summed E-state index contributed by atoms with van der Waals surface area (Å²) in [7, 11) is 0. The maximum absolute atomic E-state index is 3.37. The summed E-state index contributed by atoms with van der Waals surface area (Å²) in [5.41, 5.74) is 0. The molecule has 1 atom stereocenters. The van der Waals surface area contributed by atoms with E-state index in [9.17, 15) is 0 Å². The van der Waals surface area contributed by atoms with Crippen LogP contribution in [0.2, 0.25) is 0 Å². The molecule has 0 saturated carbocycles. The predicted octanol–water partition coefficient (Wildman–Crippen LogP) is 2.42. The number of rotatable bonds is 5. The molecular weight excluding hydrogens is 146 g/mol. The van der Waals surface area contributed by atoms with E-state index in [4.69, 9.17) is 0 Å². The fourth-order valence-electron chi connectivity index (χ4n) is 0.999. The molecule has 0 aromatic carbocycles. The molecular formula is C11H21N. The second kappa shape index (κ2) is 7.18. The average molecular weight is 167 g/mol. The molecule has 0 heterocycles. The molecule has 1 heteroatoms. The predicted molar refractivity (Wildman–Crippen MR) is 55.0 cm³/mol. The average Bonchev–Trinajstić information content (AvgIpc) is 2.01. The lowest BCUT2D eigenvalue weighted by atomic mass is 10.0. The first-order valence-electron chi connectivity index (χ1n) is 4.79. The third kappa shape index (κ3) is 7.63. The van der Waals surface area contributed by atoms with Gasteiger partial charge >= 0.3 is 0 Å². The van der Waals surface area contributed by atoms with Crippen molar-refractivity contribution in [1.82, 2.24) is 5.32 Å². The van der Waals surface area contributed by atoms with Gasteiger partial charge in [-0.15, -0.1) is 5.92 Å². The molecule has 0 fully saturated rings. The number of nitrogens with one attached hydrogen (secondary N) is 1. The monoisotopic (exact) mass is 167 g/mol. The van der Waals surface area contributed by atoms with Gasteiger partial charge in [-0.3, -0.25) is 0 Å². The van der Waals surface area contributed by atoms with Crippen molar-refractivity contribution in [3.8, 4) is 11.8 Å². The van der Waals surface area contributed by atoms with Gasteiger partial charge in [-0.2, -0.15) is 0 Å². The highest BCUT2D eigenvalue weighted by Gasteiger charge is 2.00. The molecule has 0 aliphatic rings. The quantitative estimate of drug-likeness (QED) is 0.620. The lowest BCUT2D eigenvalue weighted by Gasteiger charge is -2.12. The molecule has 0 bridgehead atoms. The zero-order chi connectivity index (χ0) is 9.40. The lowest BCUT2D eigenvalue weighted by Crippen LogP contribution is -2.26. The smallest absolute Gasteiger partial charge is 0.0578 e.